The Balaban J connectivity index is 1.43. The number of nitrogens with zero attached hydrogens (tertiary/aromatic N) is 4. The summed E-state index contributed by atoms with van der Waals surface area (Å²) < 4.78 is 1.57. The van der Waals surface area contributed by atoms with E-state index in [9.17, 15) is 29.4 Å². The van der Waals surface area contributed by atoms with Crippen LogP contribution >= 0.6 is 0 Å². The highest BCUT2D eigenvalue weighted by Crippen LogP contribution is 2.34. The minimum atomic E-state index is -1.26. The Morgan fingerprint density at radius 3 is 2.18 bits per heavy atom. The highest BCUT2D eigenvalue weighted by atomic mass is 16.4. The number of fused-ring (bicyclic) bond motifs is 1. The Bertz CT molecular complexity index is 1730. The maximum atomic E-state index is 13.3. The monoisotopic (exact) mass is 673 g/mol. The molecule has 0 aliphatic heterocycles. The van der Waals surface area contributed by atoms with E-state index in [1.54, 1.807) is 11.5 Å². The predicted octanol–water partition coefficient (Wildman–Crippen LogP) is 0.745. The van der Waals surface area contributed by atoms with E-state index in [1.807, 2.05) is 60.7 Å². The van der Waals surface area contributed by atoms with Crippen molar-refractivity contribution in [3.63, 3.8) is 0 Å². The Morgan fingerprint density at radius 1 is 0.898 bits per heavy atom. The second kappa shape index (κ2) is 16.0. The second-order valence-electron chi connectivity index (χ2n) is 11.5. The van der Waals surface area contributed by atoms with Crippen molar-refractivity contribution in [2.24, 2.45) is 0 Å². The fourth-order valence-electron chi connectivity index (χ4n) is 5.77. The van der Waals surface area contributed by atoms with Crippen molar-refractivity contribution in [3.05, 3.63) is 83.9 Å². The van der Waals surface area contributed by atoms with Crippen molar-refractivity contribution in [1.29, 1.82) is 0 Å². The van der Waals surface area contributed by atoms with Gasteiger partial charge in [-0.25, -0.2) is 19.7 Å². The van der Waals surface area contributed by atoms with E-state index in [0.717, 1.165) is 11.1 Å². The minimum absolute atomic E-state index is 0.00463. The summed E-state index contributed by atoms with van der Waals surface area (Å²) in [5, 5.41) is 43.8. The smallest absolute Gasteiger partial charge is 0.323 e. The summed E-state index contributed by atoms with van der Waals surface area (Å²) in [6.07, 6.45) is -0.635. The van der Waals surface area contributed by atoms with Crippen molar-refractivity contribution in [1.82, 2.24) is 40.8 Å². The number of imidazole rings is 1. The highest BCUT2D eigenvalue weighted by Gasteiger charge is 2.43. The summed E-state index contributed by atoms with van der Waals surface area (Å²) in [6.45, 7) is 1.49. The summed E-state index contributed by atoms with van der Waals surface area (Å²) in [4.78, 5) is 61.4. The van der Waals surface area contributed by atoms with Crippen LogP contribution in [0.3, 0.4) is 0 Å². The number of aliphatic hydroxyl groups excluding tert-OH is 2. The molecular formula is C33H39N9O7. The number of amides is 4. The number of anilines is 1. The number of hydrogen-bond donors (Lipinski definition) is 8. The van der Waals surface area contributed by atoms with Crippen LogP contribution in [0.1, 0.15) is 53.5 Å². The van der Waals surface area contributed by atoms with Crippen LogP contribution in [0.4, 0.5) is 10.6 Å². The van der Waals surface area contributed by atoms with Gasteiger partial charge in [-0.2, -0.15) is 0 Å². The third-order valence-corrected chi connectivity index (χ3v) is 8.27. The first-order valence-corrected chi connectivity index (χ1v) is 15.9. The van der Waals surface area contributed by atoms with Gasteiger partial charge in [-0.05, 0) is 17.5 Å². The largest absolute Gasteiger partial charge is 0.480 e. The molecule has 1 fully saturated rings. The lowest BCUT2D eigenvalue weighted by atomic mass is 9.91. The molecule has 0 saturated heterocycles. The number of rotatable bonds is 14. The standard InChI is InChI=1S/C33H39N9O7/c1-2-24(43)39-22-15-23(28(47)27(22)46)42-18-38-26-29(36-16-21(19-9-5-3-6-10-19)20-11-7-4-8-12-20)40-30(41-31(26)42)32(48)34-13-14-35-33(49)37-17-25(44)45/h3-12,18,21-23,27-28,46-47H,2,13-17H2,1H3,(H,34,48)(H,39,43)(H,44,45)(H2,35,37,49)(H,36,40,41)/t22-,23+,27+,28-/m0/s1. The van der Waals surface area contributed by atoms with Gasteiger partial charge in [0.1, 0.15) is 24.3 Å². The van der Waals surface area contributed by atoms with Crippen LogP contribution < -0.4 is 26.6 Å². The van der Waals surface area contributed by atoms with Gasteiger partial charge in [-0.3, -0.25) is 14.4 Å². The van der Waals surface area contributed by atoms with Crippen molar-refractivity contribution < 1.29 is 34.5 Å². The molecule has 4 amide bonds. The first-order chi connectivity index (χ1) is 23.7. The highest BCUT2D eigenvalue weighted by molar-refractivity contribution is 5.94. The zero-order valence-corrected chi connectivity index (χ0v) is 26.7. The third kappa shape index (κ3) is 8.46. The lowest BCUT2D eigenvalue weighted by Crippen LogP contribution is -2.42. The Kier molecular flexibility index (Phi) is 11.3. The van der Waals surface area contributed by atoms with Gasteiger partial charge in [-0.1, -0.05) is 67.6 Å². The van der Waals surface area contributed by atoms with Gasteiger partial charge >= 0.3 is 12.0 Å². The molecule has 0 spiro atoms. The van der Waals surface area contributed by atoms with Gasteiger partial charge < -0.3 is 46.5 Å². The number of urea groups is 1. The molecule has 0 bridgehead atoms. The number of benzene rings is 2. The normalized spacial score (nSPS) is 18.6. The molecule has 2 heterocycles. The van der Waals surface area contributed by atoms with E-state index in [1.165, 1.54) is 6.33 Å². The number of aliphatic hydroxyl groups is 2. The molecule has 49 heavy (non-hydrogen) atoms. The molecule has 4 aromatic rings. The van der Waals surface area contributed by atoms with E-state index in [2.05, 4.69) is 41.5 Å². The fourth-order valence-corrected chi connectivity index (χ4v) is 5.77. The molecule has 16 heteroatoms. The number of carbonyl (C=O) groups is 4. The van der Waals surface area contributed by atoms with Crippen LogP contribution in [0.5, 0.6) is 0 Å². The maximum absolute atomic E-state index is 13.3. The Hall–Kier alpha value is -5.61. The van der Waals surface area contributed by atoms with Gasteiger partial charge in [0.15, 0.2) is 11.5 Å². The first-order valence-electron chi connectivity index (χ1n) is 15.9. The summed E-state index contributed by atoms with van der Waals surface area (Å²) in [7, 11) is 0. The topological polar surface area (TPSA) is 233 Å². The molecule has 2 aromatic heterocycles. The lowest BCUT2D eigenvalue weighted by Gasteiger charge is -2.20. The number of carboxylic acids is 1. The number of nitrogens with one attached hydrogen (secondary N) is 5. The maximum Gasteiger partial charge on any atom is 0.323 e. The summed E-state index contributed by atoms with van der Waals surface area (Å²) >= 11 is 0. The van der Waals surface area contributed by atoms with Crippen molar-refractivity contribution in [3.8, 4) is 0 Å². The average molecular weight is 674 g/mol. The Labute approximate surface area is 281 Å². The SMILES string of the molecule is CCC(=O)N[C@H]1C[C@@H](n2cnc3c(NCC(c4ccccc4)c4ccccc4)nc(C(=O)NCCNC(=O)NCC(=O)O)nc32)[C@H](O)[C@@H]1O. The lowest BCUT2D eigenvalue weighted by molar-refractivity contribution is -0.135. The second-order valence-corrected chi connectivity index (χ2v) is 11.5. The molecule has 0 radical (unpaired) electrons. The summed E-state index contributed by atoms with van der Waals surface area (Å²) in [6, 6.07) is 17.7. The average Bonchev–Trinajstić information content (AvgIpc) is 3.66. The van der Waals surface area contributed by atoms with E-state index in [-0.39, 0.29) is 55.0 Å². The number of carboxylic acid groups (broad SMARTS) is 1. The van der Waals surface area contributed by atoms with E-state index in [4.69, 9.17) is 5.11 Å². The molecule has 1 saturated carbocycles. The number of aliphatic carboxylic acids is 1. The van der Waals surface area contributed by atoms with Crippen LogP contribution in [0.15, 0.2) is 67.0 Å². The third-order valence-electron chi connectivity index (χ3n) is 8.27. The molecule has 1 aliphatic carbocycles. The molecule has 258 valence electrons. The summed E-state index contributed by atoms with van der Waals surface area (Å²) in [5.74, 6) is -2.17. The molecule has 16 nitrogen and oxygen atoms in total. The first kappa shape index (κ1) is 34.7. The minimum Gasteiger partial charge on any atom is -0.480 e. The van der Waals surface area contributed by atoms with E-state index < -0.39 is 48.7 Å². The van der Waals surface area contributed by atoms with Crippen LogP contribution in [0, 0.1) is 0 Å². The number of carbonyl (C=O) groups excluding carboxylic acids is 3. The molecule has 4 atom stereocenters. The molecule has 2 aromatic carbocycles. The Morgan fingerprint density at radius 2 is 1.55 bits per heavy atom. The quantitative estimate of drug-likeness (QED) is 0.0870. The van der Waals surface area contributed by atoms with Gasteiger partial charge in [0.2, 0.25) is 11.7 Å². The molecule has 1 aliphatic rings. The number of aromatic nitrogens is 4. The van der Waals surface area contributed by atoms with Gasteiger partial charge in [0, 0.05) is 32.0 Å². The van der Waals surface area contributed by atoms with Gasteiger partial charge in [0.05, 0.1) is 18.4 Å². The van der Waals surface area contributed by atoms with Crippen LogP contribution in [-0.2, 0) is 9.59 Å². The predicted molar refractivity (Wildman–Crippen MR) is 178 cm³/mol. The zero-order valence-electron chi connectivity index (χ0n) is 26.7. The summed E-state index contributed by atoms with van der Waals surface area (Å²) in [5.41, 5.74) is 2.66. The van der Waals surface area contributed by atoms with Crippen molar-refractivity contribution in [2.75, 3.05) is 31.5 Å². The van der Waals surface area contributed by atoms with Crippen molar-refractivity contribution in [2.45, 2.75) is 50.0 Å². The molecule has 8 N–H and O–H groups in total. The van der Waals surface area contributed by atoms with E-state index >= 15 is 0 Å². The van der Waals surface area contributed by atoms with Crippen LogP contribution in [-0.4, -0.2) is 103 Å². The number of hydrogen-bond acceptors (Lipinski definition) is 10. The van der Waals surface area contributed by atoms with E-state index in [0.29, 0.717) is 12.1 Å². The van der Waals surface area contributed by atoms with Gasteiger partial charge in [0.25, 0.3) is 5.91 Å². The fraction of sp³-hybridized carbons (Fsp3) is 0.364. The zero-order chi connectivity index (χ0) is 34.9. The van der Waals surface area contributed by atoms with Gasteiger partial charge in [-0.15, -0.1) is 0 Å². The molecular weight excluding hydrogens is 634 g/mol. The molecule has 0 unspecified atom stereocenters. The molecule has 5 rings (SSSR count). The van der Waals surface area contributed by atoms with Crippen LogP contribution in [0.2, 0.25) is 0 Å². The van der Waals surface area contributed by atoms with Crippen LogP contribution in [0.25, 0.3) is 11.2 Å². The van der Waals surface area contributed by atoms with Crippen molar-refractivity contribution >= 4 is 40.8 Å².